The second-order valence-electron chi connectivity index (χ2n) is 6.26. The van der Waals surface area contributed by atoms with Crippen LogP contribution in [0.25, 0.3) is 0 Å². The van der Waals surface area contributed by atoms with Gasteiger partial charge in [-0.25, -0.2) is 4.99 Å². The van der Waals surface area contributed by atoms with Crippen LogP contribution in [0.1, 0.15) is 64.5 Å². The van der Waals surface area contributed by atoms with Crippen molar-refractivity contribution in [3.63, 3.8) is 0 Å². The maximum Gasteiger partial charge on any atom is 0.181 e. The van der Waals surface area contributed by atoms with Crippen molar-refractivity contribution >= 4 is 11.6 Å². The number of aliphatic imine (C=N–C) groups is 1. The summed E-state index contributed by atoms with van der Waals surface area (Å²) in [5, 5.41) is 0. The van der Waals surface area contributed by atoms with Crippen molar-refractivity contribution in [2.24, 2.45) is 4.99 Å². The van der Waals surface area contributed by atoms with Crippen LogP contribution in [-0.2, 0) is 4.79 Å². The molecule has 0 radical (unpaired) electrons. The lowest BCUT2D eigenvalue weighted by molar-refractivity contribution is -0.115. The Bertz CT molecular complexity index is 601. The van der Waals surface area contributed by atoms with Crippen molar-refractivity contribution in [2.45, 2.75) is 58.9 Å². The summed E-state index contributed by atoms with van der Waals surface area (Å²) in [7, 11) is 2.09. The van der Waals surface area contributed by atoms with Gasteiger partial charge in [-0.15, -0.1) is 0 Å². The number of rotatable bonds is 6. The molecule has 23 heavy (non-hydrogen) atoms. The summed E-state index contributed by atoms with van der Waals surface area (Å²) in [6.07, 6.45) is 4.30. The smallest absolute Gasteiger partial charge is 0.181 e. The molecule has 1 aromatic carbocycles. The number of hydrogen-bond acceptors (Lipinski definition) is 2. The van der Waals surface area contributed by atoms with Gasteiger partial charge in [-0.3, -0.25) is 4.79 Å². The Balaban J connectivity index is 2.26. The van der Waals surface area contributed by atoms with Crippen LogP contribution in [0.15, 0.2) is 46.6 Å². The summed E-state index contributed by atoms with van der Waals surface area (Å²) < 4.78 is 0. The molecule has 1 fully saturated rings. The Morgan fingerprint density at radius 2 is 1.96 bits per heavy atom. The molecule has 0 bridgehead atoms. The molecule has 1 heterocycles. The molecule has 1 aliphatic rings. The molecule has 1 atom stereocenters. The van der Waals surface area contributed by atoms with Gasteiger partial charge in [-0.1, -0.05) is 44.2 Å². The van der Waals surface area contributed by atoms with Crippen LogP contribution in [0, 0.1) is 0 Å². The standard InChI is InChI=1S/C20H28N2O/c1-5-10-18(23)20(15(3)6-2)21-19-14-13-17(22(19)4)16-11-8-7-9-12-16/h7-9,11-12,17H,5-6,10,13-14H2,1-4H3/b20-15-,21-19?. The van der Waals surface area contributed by atoms with Gasteiger partial charge in [0.15, 0.2) is 5.78 Å². The average Bonchev–Trinajstić information content (AvgIpc) is 2.93. The number of carbonyl (C=O) groups is 1. The normalized spacial score (nSPS) is 20.8. The molecule has 124 valence electrons. The van der Waals surface area contributed by atoms with Crippen molar-refractivity contribution in [3.05, 3.63) is 47.2 Å². The topological polar surface area (TPSA) is 32.7 Å². The molecule has 1 unspecified atom stereocenters. The lowest BCUT2D eigenvalue weighted by atomic mass is 10.1. The quantitative estimate of drug-likeness (QED) is 0.699. The van der Waals surface area contributed by atoms with E-state index in [0.717, 1.165) is 37.1 Å². The van der Waals surface area contributed by atoms with Gasteiger partial charge < -0.3 is 4.90 Å². The summed E-state index contributed by atoms with van der Waals surface area (Å²) in [5.74, 6) is 1.21. The Hall–Kier alpha value is -1.90. The predicted molar refractivity (Wildman–Crippen MR) is 96.5 cm³/mol. The molecule has 2 rings (SSSR count). The second-order valence-corrected chi connectivity index (χ2v) is 6.26. The van der Waals surface area contributed by atoms with Gasteiger partial charge in [-0.05, 0) is 37.3 Å². The Kier molecular flexibility index (Phi) is 6.14. The zero-order valence-electron chi connectivity index (χ0n) is 14.8. The summed E-state index contributed by atoms with van der Waals surface area (Å²) in [5.41, 5.74) is 3.09. The predicted octanol–water partition coefficient (Wildman–Crippen LogP) is 4.91. The number of carbonyl (C=O) groups excluding carboxylic acids is 1. The van der Waals surface area contributed by atoms with E-state index in [4.69, 9.17) is 4.99 Å². The number of nitrogens with zero attached hydrogens (tertiary/aromatic N) is 2. The minimum Gasteiger partial charge on any atom is -0.356 e. The van der Waals surface area contributed by atoms with Gasteiger partial charge in [0.25, 0.3) is 0 Å². The van der Waals surface area contributed by atoms with E-state index in [1.807, 2.05) is 19.9 Å². The maximum absolute atomic E-state index is 12.4. The van der Waals surface area contributed by atoms with Gasteiger partial charge in [0, 0.05) is 19.9 Å². The third-order valence-corrected chi connectivity index (χ3v) is 4.62. The van der Waals surface area contributed by atoms with Gasteiger partial charge >= 0.3 is 0 Å². The van der Waals surface area contributed by atoms with Gasteiger partial charge in [0.2, 0.25) is 0 Å². The van der Waals surface area contributed by atoms with Crippen LogP contribution in [0.5, 0.6) is 0 Å². The molecule has 3 nitrogen and oxygen atoms in total. The van der Waals surface area contributed by atoms with Crippen LogP contribution in [-0.4, -0.2) is 23.6 Å². The van der Waals surface area contributed by atoms with E-state index < -0.39 is 0 Å². The fourth-order valence-electron chi connectivity index (χ4n) is 3.05. The van der Waals surface area contributed by atoms with E-state index in [1.54, 1.807) is 0 Å². The van der Waals surface area contributed by atoms with E-state index in [0.29, 0.717) is 18.2 Å². The number of amidine groups is 1. The highest BCUT2D eigenvalue weighted by Crippen LogP contribution is 2.32. The summed E-state index contributed by atoms with van der Waals surface area (Å²) in [6, 6.07) is 10.9. The van der Waals surface area contributed by atoms with Gasteiger partial charge in [0.1, 0.15) is 11.5 Å². The molecule has 0 saturated carbocycles. The average molecular weight is 312 g/mol. The summed E-state index contributed by atoms with van der Waals surface area (Å²) in [6.45, 7) is 6.15. The molecule has 0 aromatic heterocycles. The van der Waals surface area contributed by atoms with Crippen molar-refractivity contribution in [2.75, 3.05) is 7.05 Å². The summed E-state index contributed by atoms with van der Waals surface area (Å²) >= 11 is 0. The SMILES string of the molecule is CCCC(=O)/C(N=C1CCC(c2ccccc2)N1C)=C(\C)CC. The van der Waals surface area contributed by atoms with E-state index in [9.17, 15) is 4.79 Å². The molecular formula is C20H28N2O. The maximum atomic E-state index is 12.4. The fraction of sp³-hybridized carbons (Fsp3) is 0.500. The molecule has 1 aromatic rings. The lowest BCUT2D eigenvalue weighted by Gasteiger charge is -2.22. The van der Waals surface area contributed by atoms with E-state index >= 15 is 0 Å². The van der Waals surface area contributed by atoms with Crippen LogP contribution in [0.4, 0.5) is 0 Å². The van der Waals surface area contributed by atoms with Crippen LogP contribution < -0.4 is 0 Å². The number of likely N-dealkylation sites (tertiary alicyclic amines) is 1. The highest BCUT2D eigenvalue weighted by atomic mass is 16.1. The van der Waals surface area contributed by atoms with Crippen molar-refractivity contribution < 1.29 is 4.79 Å². The number of allylic oxidation sites excluding steroid dienone is 2. The number of Topliss-reactive ketones (excluding diaryl/α,β-unsaturated/α-hetero) is 1. The zero-order chi connectivity index (χ0) is 16.8. The Labute approximate surface area is 140 Å². The molecule has 0 aliphatic carbocycles. The van der Waals surface area contributed by atoms with Crippen LogP contribution in [0.2, 0.25) is 0 Å². The molecule has 3 heteroatoms. The van der Waals surface area contributed by atoms with Crippen molar-refractivity contribution in [1.82, 2.24) is 4.90 Å². The monoisotopic (exact) mass is 312 g/mol. The van der Waals surface area contributed by atoms with Crippen LogP contribution >= 0.6 is 0 Å². The number of hydrogen-bond donors (Lipinski definition) is 0. The van der Waals surface area contributed by atoms with Gasteiger partial charge in [-0.2, -0.15) is 0 Å². The van der Waals surface area contributed by atoms with Crippen molar-refractivity contribution in [1.29, 1.82) is 0 Å². The molecule has 1 saturated heterocycles. The van der Waals surface area contributed by atoms with Gasteiger partial charge in [0.05, 0.1) is 6.04 Å². The zero-order valence-corrected chi connectivity index (χ0v) is 14.8. The molecule has 1 aliphatic heterocycles. The van der Waals surface area contributed by atoms with E-state index in [1.165, 1.54) is 5.56 Å². The molecule has 0 amide bonds. The van der Waals surface area contributed by atoms with E-state index in [-0.39, 0.29) is 5.78 Å². The Morgan fingerprint density at radius 1 is 1.26 bits per heavy atom. The summed E-state index contributed by atoms with van der Waals surface area (Å²) in [4.78, 5) is 19.4. The first-order valence-electron chi connectivity index (χ1n) is 8.66. The molecular weight excluding hydrogens is 284 g/mol. The van der Waals surface area contributed by atoms with E-state index in [2.05, 4.69) is 43.1 Å². The Morgan fingerprint density at radius 3 is 2.57 bits per heavy atom. The number of ketones is 1. The first-order chi connectivity index (χ1) is 11.1. The number of benzene rings is 1. The second kappa shape index (κ2) is 8.09. The minimum atomic E-state index is 0.177. The highest BCUT2D eigenvalue weighted by Gasteiger charge is 2.28. The van der Waals surface area contributed by atoms with Crippen molar-refractivity contribution in [3.8, 4) is 0 Å². The third-order valence-electron chi connectivity index (χ3n) is 4.62. The first kappa shape index (κ1) is 17.5. The minimum absolute atomic E-state index is 0.177. The first-order valence-corrected chi connectivity index (χ1v) is 8.66. The third kappa shape index (κ3) is 4.10. The fourth-order valence-corrected chi connectivity index (χ4v) is 3.05. The lowest BCUT2D eigenvalue weighted by Crippen LogP contribution is -2.23. The molecule has 0 spiro atoms. The highest BCUT2D eigenvalue weighted by molar-refractivity contribution is 5.99. The van der Waals surface area contributed by atoms with Crippen LogP contribution in [0.3, 0.4) is 0 Å². The molecule has 0 N–H and O–H groups in total. The largest absolute Gasteiger partial charge is 0.356 e.